The molecule has 2 aliphatic rings. The minimum Gasteiger partial charge on any atom is -0.407 e. The molecule has 0 saturated carbocycles. The van der Waals surface area contributed by atoms with Gasteiger partial charge in [0.05, 0.1) is 0 Å². The van der Waals surface area contributed by atoms with Crippen LogP contribution in [0.15, 0.2) is 12.1 Å². The van der Waals surface area contributed by atoms with Gasteiger partial charge in [-0.05, 0) is 18.5 Å². The summed E-state index contributed by atoms with van der Waals surface area (Å²) in [5, 5.41) is 0. The highest BCUT2D eigenvalue weighted by atomic mass is 16.6. The van der Waals surface area contributed by atoms with Crippen LogP contribution >= 0.6 is 0 Å². The van der Waals surface area contributed by atoms with Crippen molar-refractivity contribution >= 4 is 18.9 Å². The van der Waals surface area contributed by atoms with E-state index in [0.29, 0.717) is 26.2 Å². The Bertz CT molecular complexity index is 370. The lowest BCUT2D eigenvalue weighted by Crippen LogP contribution is -2.40. The summed E-state index contributed by atoms with van der Waals surface area (Å²) in [5.74, 6) is 1.19. The molecule has 0 N–H and O–H groups in total. The Balaban J connectivity index is 1.84. The molecule has 0 unspecified atom stereocenters. The standard InChI is InChI=1S/C12H18BNO4/c1-12(2)8-17-13(18-9-12)6-5-11(16)14-7-3-4-10(14)15/h5-6H,3-4,7-9H2,1-2H3/b6-5+. The molecule has 0 bridgehead atoms. The van der Waals surface area contributed by atoms with E-state index in [-0.39, 0.29) is 17.2 Å². The molecule has 2 rings (SSSR count). The second kappa shape index (κ2) is 5.24. The van der Waals surface area contributed by atoms with E-state index >= 15 is 0 Å². The molecule has 0 aromatic rings. The van der Waals surface area contributed by atoms with Gasteiger partial charge in [0, 0.05) is 31.6 Å². The van der Waals surface area contributed by atoms with Crippen LogP contribution < -0.4 is 0 Å². The summed E-state index contributed by atoms with van der Waals surface area (Å²) in [6, 6.07) is 0. The maximum atomic E-state index is 11.7. The summed E-state index contributed by atoms with van der Waals surface area (Å²) >= 11 is 0. The van der Waals surface area contributed by atoms with Crippen LogP contribution in [0.5, 0.6) is 0 Å². The van der Waals surface area contributed by atoms with Crippen molar-refractivity contribution in [3.8, 4) is 0 Å². The van der Waals surface area contributed by atoms with Crippen LogP contribution in [0.3, 0.4) is 0 Å². The maximum absolute atomic E-state index is 11.7. The minimum absolute atomic E-state index is 0.0132. The van der Waals surface area contributed by atoms with Gasteiger partial charge in [-0.3, -0.25) is 14.5 Å². The molecule has 0 radical (unpaired) electrons. The zero-order valence-electron chi connectivity index (χ0n) is 10.8. The highest BCUT2D eigenvalue weighted by Gasteiger charge is 2.31. The van der Waals surface area contributed by atoms with E-state index in [0.717, 1.165) is 6.42 Å². The monoisotopic (exact) mass is 251 g/mol. The fraction of sp³-hybridized carbons (Fsp3) is 0.667. The average molecular weight is 251 g/mol. The van der Waals surface area contributed by atoms with E-state index in [4.69, 9.17) is 9.31 Å². The first-order valence-electron chi connectivity index (χ1n) is 6.24. The van der Waals surface area contributed by atoms with Crippen LogP contribution in [-0.2, 0) is 18.9 Å². The Morgan fingerprint density at radius 2 is 2.06 bits per heavy atom. The smallest absolute Gasteiger partial charge is 0.407 e. The predicted octanol–water partition coefficient (Wildman–Crippen LogP) is 0.792. The van der Waals surface area contributed by atoms with Gasteiger partial charge < -0.3 is 9.31 Å². The molecule has 2 heterocycles. The number of rotatable bonds is 2. The Morgan fingerprint density at radius 3 is 2.61 bits per heavy atom. The van der Waals surface area contributed by atoms with Crippen LogP contribution in [-0.4, -0.2) is 43.6 Å². The molecule has 6 heteroatoms. The number of carbonyl (C=O) groups is 2. The van der Waals surface area contributed by atoms with Crippen LogP contribution in [0, 0.1) is 5.41 Å². The summed E-state index contributed by atoms with van der Waals surface area (Å²) < 4.78 is 10.9. The fourth-order valence-corrected chi connectivity index (χ4v) is 1.95. The summed E-state index contributed by atoms with van der Waals surface area (Å²) in [7, 11) is -0.486. The number of amides is 2. The van der Waals surface area contributed by atoms with Gasteiger partial charge in [0.25, 0.3) is 5.91 Å². The van der Waals surface area contributed by atoms with Gasteiger partial charge in [-0.25, -0.2) is 0 Å². The molecule has 0 aromatic carbocycles. The number of carbonyl (C=O) groups excluding carboxylic acids is 2. The quantitative estimate of drug-likeness (QED) is 0.538. The number of imide groups is 1. The zero-order valence-corrected chi connectivity index (χ0v) is 10.8. The summed E-state index contributed by atoms with van der Waals surface area (Å²) in [4.78, 5) is 24.4. The van der Waals surface area contributed by atoms with Crippen molar-refractivity contribution in [2.75, 3.05) is 19.8 Å². The lowest BCUT2D eigenvalue weighted by atomic mass is 9.83. The molecule has 0 atom stereocenters. The summed E-state index contributed by atoms with van der Waals surface area (Å²) in [6.45, 7) is 5.82. The largest absolute Gasteiger partial charge is 0.486 e. The molecule has 0 aromatic heterocycles. The van der Waals surface area contributed by atoms with Crippen molar-refractivity contribution < 1.29 is 18.9 Å². The average Bonchev–Trinajstić information content (AvgIpc) is 2.74. The molecular weight excluding hydrogens is 233 g/mol. The Morgan fingerprint density at radius 1 is 1.39 bits per heavy atom. The molecule has 2 saturated heterocycles. The van der Waals surface area contributed by atoms with Gasteiger partial charge in [0.15, 0.2) is 0 Å². The third kappa shape index (κ3) is 3.20. The molecule has 2 fully saturated rings. The SMILES string of the molecule is CC1(C)COB(/C=C/C(=O)N2CCCC2=O)OC1. The Kier molecular flexibility index (Phi) is 3.87. The maximum Gasteiger partial charge on any atom is 0.486 e. The van der Waals surface area contributed by atoms with E-state index in [1.807, 2.05) is 0 Å². The Hall–Kier alpha value is -1.14. The fourth-order valence-electron chi connectivity index (χ4n) is 1.95. The molecule has 0 aliphatic carbocycles. The van der Waals surface area contributed by atoms with Gasteiger partial charge in [0.2, 0.25) is 5.91 Å². The normalized spacial score (nSPS) is 24.0. The van der Waals surface area contributed by atoms with Gasteiger partial charge >= 0.3 is 7.12 Å². The molecule has 5 nitrogen and oxygen atoms in total. The lowest BCUT2D eigenvalue weighted by molar-refractivity contribution is -0.138. The van der Waals surface area contributed by atoms with Gasteiger partial charge in [-0.15, -0.1) is 0 Å². The van der Waals surface area contributed by atoms with Gasteiger partial charge in [-0.1, -0.05) is 13.8 Å². The van der Waals surface area contributed by atoms with Gasteiger partial charge in [0.1, 0.15) is 0 Å². The first kappa shape index (κ1) is 13.3. The van der Waals surface area contributed by atoms with Crippen LogP contribution in [0.4, 0.5) is 0 Å². The predicted molar refractivity (Wildman–Crippen MR) is 66.5 cm³/mol. The number of likely N-dealkylation sites (tertiary alicyclic amines) is 1. The van der Waals surface area contributed by atoms with Crippen molar-refractivity contribution in [1.29, 1.82) is 0 Å². The van der Waals surface area contributed by atoms with E-state index in [1.54, 1.807) is 5.98 Å². The van der Waals surface area contributed by atoms with Crippen molar-refractivity contribution in [3.63, 3.8) is 0 Å². The highest BCUT2D eigenvalue weighted by Crippen LogP contribution is 2.21. The van der Waals surface area contributed by atoms with Crippen molar-refractivity contribution in [1.82, 2.24) is 4.90 Å². The lowest BCUT2D eigenvalue weighted by Gasteiger charge is -2.31. The zero-order chi connectivity index (χ0) is 13.2. The van der Waals surface area contributed by atoms with Crippen molar-refractivity contribution in [3.05, 3.63) is 12.1 Å². The molecule has 98 valence electrons. The molecule has 0 spiro atoms. The highest BCUT2D eigenvalue weighted by molar-refractivity contribution is 6.51. The second-order valence-electron chi connectivity index (χ2n) is 5.50. The van der Waals surface area contributed by atoms with E-state index in [2.05, 4.69) is 13.8 Å². The molecule has 2 aliphatic heterocycles. The van der Waals surface area contributed by atoms with E-state index in [9.17, 15) is 9.59 Å². The number of hydrogen-bond acceptors (Lipinski definition) is 4. The Labute approximate surface area is 107 Å². The van der Waals surface area contributed by atoms with Crippen molar-refractivity contribution in [2.45, 2.75) is 26.7 Å². The first-order valence-corrected chi connectivity index (χ1v) is 6.24. The van der Waals surface area contributed by atoms with E-state index in [1.165, 1.54) is 11.0 Å². The molecule has 2 amide bonds. The topological polar surface area (TPSA) is 55.8 Å². The second-order valence-corrected chi connectivity index (χ2v) is 5.50. The van der Waals surface area contributed by atoms with E-state index < -0.39 is 7.12 Å². The first-order chi connectivity index (χ1) is 8.48. The van der Waals surface area contributed by atoms with Crippen LogP contribution in [0.2, 0.25) is 0 Å². The van der Waals surface area contributed by atoms with Gasteiger partial charge in [-0.2, -0.15) is 0 Å². The minimum atomic E-state index is -0.486. The third-order valence-electron chi connectivity index (χ3n) is 3.01. The molecular formula is C12H18BNO4. The third-order valence-corrected chi connectivity index (χ3v) is 3.01. The number of nitrogens with zero attached hydrogens (tertiary/aromatic N) is 1. The van der Waals surface area contributed by atoms with Crippen molar-refractivity contribution in [2.24, 2.45) is 5.41 Å². The van der Waals surface area contributed by atoms with Crippen LogP contribution in [0.1, 0.15) is 26.7 Å². The molecule has 18 heavy (non-hydrogen) atoms. The summed E-state index contributed by atoms with van der Waals surface area (Å²) in [5.41, 5.74) is 0.0132. The summed E-state index contributed by atoms with van der Waals surface area (Å²) in [6.07, 6.45) is 2.58. The van der Waals surface area contributed by atoms with Crippen LogP contribution in [0.25, 0.3) is 0 Å². The number of hydrogen-bond donors (Lipinski definition) is 0.